The van der Waals surface area contributed by atoms with E-state index in [2.05, 4.69) is 27.0 Å². The molecular formula is C29H38N6O5. The topological polar surface area (TPSA) is 149 Å². The number of ether oxygens (including phenoxy) is 4. The molecule has 5 N–H and O–H groups in total. The number of nitrogens with two attached hydrogens (primary N) is 2. The molecule has 0 bridgehead atoms. The monoisotopic (exact) mass is 550 g/mol. The normalized spacial score (nSPS) is 11.4. The lowest BCUT2D eigenvalue weighted by Gasteiger charge is -2.12. The summed E-state index contributed by atoms with van der Waals surface area (Å²) in [7, 11) is 0. The fourth-order valence-corrected chi connectivity index (χ4v) is 4.26. The first kappa shape index (κ1) is 29.4. The predicted octanol–water partition coefficient (Wildman–Crippen LogP) is 2.38. The van der Waals surface area contributed by atoms with Gasteiger partial charge in [-0.2, -0.15) is 0 Å². The molecule has 0 saturated carbocycles. The SMILES string of the molecule is CCOCc1nc2c(N)nc3ccccc3c2n1Cc1ccc(CNC(=O)COCCOCCOCCN)cc1. The van der Waals surface area contributed by atoms with Crippen LogP contribution in [0.25, 0.3) is 21.9 Å². The molecule has 0 aliphatic carbocycles. The maximum atomic E-state index is 12.1. The number of anilines is 1. The van der Waals surface area contributed by atoms with Crippen molar-refractivity contribution in [3.63, 3.8) is 0 Å². The van der Waals surface area contributed by atoms with Gasteiger partial charge in [0.2, 0.25) is 5.91 Å². The van der Waals surface area contributed by atoms with Gasteiger partial charge in [-0.05, 0) is 24.1 Å². The van der Waals surface area contributed by atoms with Gasteiger partial charge in [0.1, 0.15) is 24.6 Å². The molecule has 11 nitrogen and oxygen atoms in total. The lowest BCUT2D eigenvalue weighted by molar-refractivity contribution is -0.126. The van der Waals surface area contributed by atoms with E-state index >= 15 is 0 Å². The minimum Gasteiger partial charge on any atom is -0.382 e. The number of hydrogen-bond acceptors (Lipinski definition) is 9. The number of para-hydroxylation sites is 1. The summed E-state index contributed by atoms with van der Waals surface area (Å²) in [6.07, 6.45) is 0. The Labute approximate surface area is 233 Å². The first-order valence-electron chi connectivity index (χ1n) is 13.5. The second kappa shape index (κ2) is 15.2. The van der Waals surface area contributed by atoms with Gasteiger partial charge in [0, 0.05) is 31.6 Å². The number of amides is 1. The number of nitrogens with one attached hydrogen (secondary N) is 1. The summed E-state index contributed by atoms with van der Waals surface area (Å²) in [6.45, 7) is 6.61. The molecule has 2 aromatic heterocycles. The molecule has 0 atom stereocenters. The molecule has 11 heteroatoms. The number of carbonyl (C=O) groups is 1. The Balaban J connectivity index is 1.33. The molecule has 0 aliphatic rings. The van der Waals surface area contributed by atoms with Gasteiger partial charge in [-0.1, -0.05) is 42.5 Å². The van der Waals surface area contributed by atoms with Gasteiger partial charge in [-0.3, -0.25) is 4.79 Å². The Hall–Kier alpha value is -3.61. The number of fused-ring (bicyclic) bond motifs is 3. The second-order valence-electron chi connectivity index (χ2n) is 9.12. The van der Waals surface area contributed by atoms with Crippen molar-refractivity contribution in [3.05, 3.63) is 65.5 Å². The summed E-state index contributed by atoms with van der Waals surface area (Å²) < 4.78 is 23.8. The van der Waals surface area contributed by atoms with Crippen LogP contribution in [0, 0.1) is 0 Å². The smallest absolute Gasteiger partial charge is 0.246 e. The van der Waals surface area contributed by atoms with E-state index in [9.17, 15) is 4.79 Å². The predicted molar refractivity (Wildman–Crippen MR) is 154 cm³/mol. The van der Waals surface area contributed by atoms with Crippen molar-refractivity contribution in [3.8, 4) is 0 Å². The third kappa shape index (κ3) is 7.96. The molecule has 0 unspecified atom stereocenters. The fraction of sp³-hybridized carbons (Fsp3) is 0.414. The van der Waals surface area contributed by atoms with Crippen molar-refractivity contribution >= 4 is 33.7 Å². The number of imidazole rings is 1. The Morgan fingerprint density at radius 1 is 0.900 bits per heavy atom. The quantitative estimate of drug-likeness (QED) is 0.168. The van der Waals surface area contributed by atoms with Crippen LogP contribution in [0.5, 0.6) is 0 Å². The zero-order valence-electron chi connectivity index (χ0n) is 22.9. The molecule has 214 valence electrons. The maximum Gasteiger partial charge on any atom is 0.246 e. The Morgan fingerprint density at radius 2 is 1.60 bits per heavy atom. The number of hydrogen-bond donors (Lipinski definition) is 3. The van der Waals surface area contributed by atoms with Gasteiger partial charge in [0.25, 0.3) is 0 Å². The Kier molecular flexibility index (Phi) is 11.2. The van der Waals surface area contributed by atoms with Crippen LogP contribution in [0.4, 0.5) is 5.82 Å². The number of benzene rings is 2. The largest absolute Gasteiger partial charge is 0.382 e. The summed E-state index contributed by atoms with van der Waals surface area (Å²) in [5.74, 6) is 1.02. The van der Waals surface area contributed by atoms with E-state index in [0.717, 1.165) is 33.4 Å². The number of nitrogen functional groups attached to an aromatic ring is 1. The molecule has 2 aromatic carbocycles. The van der Waals surface area contributed by atoms with Crippen LogP contribution in [-0.2, 0) is 43.4 Å². The lowest BCUT2D eigenvalue weighted by Crippen LogP contribution is -2.27. The lowest BCUT2D eigenvalue weighted by atomic mass is 10.1. The zero-order valence-corrected chi connectivity index (χ0v) is 22.9. The first-order chi connectivity index (χ1) is 19.6. The van der Waals surface area contributed by atoms with Crippen molar-refractivity contribution in [1.82, 2.24) is 19.9 Å². The zero-order chi connectivity index (χ0) is 28.2. The minimum absolute atomic E-state index is 0.0205. The third-order valence-electron chi connectivity index (χ3n) is 6.22. The maximum absolute atomic E-state index is 12.1. The van der Waals surface area contributed by atoms with Crippen LogP contribution in [0.2, 0.25) is 0 Å². The molecule has 0 radical (unpaired) electrons. The van der Waals surface area contributed by atoms with Crippen LogP contribution in [-0.4, -0.2) is 73.2 Å². The van der Waals surface area contributed by atoms with Gasteiger partial charge < -0.3 is 40.3 Å². The van der Waals surface area contributed by atoms with E-state index in [1.807, 2.05) is 43.3 Å². The summed E-state index contributed by atoms with van der Waals surface area (Å²) >= 11 is 0. The van der Waals surface area contributed by atoms with Gasteiger partial charge >= 0.3 is 0 Å². The van der Waals surface area contributed by atoms with E-state index in [0.29, 0.717) is 77.2 Å². The van der Waals surface area contributed by atoms with Crippen LogP contribution in [0.15, 0.2) is 48.5 Å². The molecular weight excluding hydrogens is 512 g/mol. The first-order valence-corrected chi connectivity index (χ1v) is 13.5. The van der Waals surface area contributed by atoms with Crippen molar-refractivity contribution in [1.29, 1.82) is 0 Å². The number of carbonyl (C=O) groups excluding carboxylic acids is 1. The Morgan fingerprint density at radius 3 is 2.35 bits per heavy atom. The second-order valence-corrected chi connectivity index (χ2v) is 9.12. The molecule has 1 amide bonds. The van der Waals surface area contributed by atoms with Gasteiger partial charge in [-0.15, -0.1) is 0 Å². The molecule has 0 fully saturated rings. The number of nitrogens with zero attached hydrogens (tertiary/aromatic N) is 3. The van der Waals surface area contributed by atoms with E-state index in [1.165, 1.54) is 0 Å². The highest BCUT2D eigenvalue weighted by Crippen LogP contribution is 2.29. The average molecular weight is 551 g/mol. The molecule has 4 aromatic rings. The fourth-order valence-electron chi connectivity index (χ4n) is 4.26. The van der Waals surface area contributed by atoms with Crippen LogP contribution in [0.1, 0.15) is 23.9 Å². The van der Waals surface area contributed by atoms with Gasteiger partial charge in [0.05, 0.1) is 44.1 Å². The number of aromatic nitrogens is 3. The third-order valence-corrected chi connectivity index (χ3v) is 6.22. The standard InChI is InChI=1S/C29H38N6O5/c1-2-37-19-25-34-27-28(23-5-3-4-6-24(23)33-29(27)31)35(25)18-22-9-7-21(8-10-22)17-32-26(36)20-40-16-15-39-14-13-38-12-11-30/h3-10H,2,11-20,30H2,1H3,(H2,31,33)(H,32,36). The molecule has 4 rings (SSSR count). The van der Waals surface area contributed by atoms with Crippen molar-refractivity contribution < 1.29 is 23.7 Å². The molecule has 0 aliphatic heterocycles. The summed E-state index contributed by atoms with van der Waals surface area (Å²) in [5, 5.41) is 3.88. The van der Waals surface area contributed by atoms with Crippen molar-refractivity contribution in [2.45, 2.75) is 26.6 Å². The van der Waals surface area contributed by atoms with E-state index in [-0.39, 0.29) is 12.5 Å². The van der Waals surface area contributed by atoms with Crippen LogP contribution in [0.3, 0.4) is 0 Å². The Bertz CT molecular complexity index is 1380. The van der Waals surface area contributed by atoms with E-state index in [1.54, 1.807) is 0 Å². The number of rotatable bonds is 17. The average Bonchev–Trinajstić information content (AvgIpc) is 3.33. The van der Waals surface area contributed by atoms with Gasteiger partial charge in [-0.25, -0.2) is 9.97 Å². The summed E-state index contributed by atoms with van der Waals surface area (Å²) in [5.41, 5.74) is 16.2. The minimum atomic E-state index is -0.182. The van der Waals surface area contributed by atoms with Gasteiger partial charge in [0.15, 0.2) is 5.82 Å². The molecule has 0 saturated heterocycles. The van der Waals surface area contributed by atoms with Crippen molar-refractivity contribution in [2.75, 3.05) is 58.5 Å². The molecule has 40 heavy (non-hydrogen) atoms. The molecule has 0 spiro atoms. The highest BCUT2D eigenvalue weighted by atomic mass is 16.5. The highest BCUT2D eigenvalue weighted by molar-refractivity contribution is 6.06. The van der Waals surface area contributed by atoms with E-state index in [4.69, 9.17) is 35.4 Å². The highest BCUT2D eigenvalue weighted by Gasteiger charge is 2.17. The van der Waals surface area contributed by atoms with E-state index < -0.39 is 0 Å². The number of pyridine rings is 1. The molecule has 2 heterocycles. The van der Waals surface area contributed by atoms with Crippen LogP contribution < -0.4 is 16.8 Å². The summed E-state index contributed by atoms with van der Waals surface area (Å²) in [6, 6.07) is 16.0. The summed E-state index contributed by atoms with van der Waals surface area (Å²) in [4.78, 5) is 21.5. The van der Waals surface area contributed by atoms with Crippen molar-refractivity contribution in [2.24, 2.45) is 5.73 Å². The van der Waals surface area contributed by atoms with Crippen LogP contribution >= 0.6 is 0 Å².